The Bertz CT molecular complexity index is 1010. The van der Waals surface area contributed by atoms with E-state index in [-0.39, 0.29) is 36.4 Å². The fourth-order valence-corrected chi connectivity index (χ4v) is 4.70. The van der Waals surface area contributed by atoms with Crippen LogP contribution in [-0.4, -0.2) is 53.6 Å². The molecule has 2 atom stereocenters. The summed E-state index contributed by atoms with van der Waals surface area (Å²) in [7, 11) is 1.92. The van der Waals surface area contributed by atoms with Crippen molar-refractivity contribution in [2.45, 2.75) is 38.3 Å². The van der Waals surface area contributed by atoms with Gasteiger partial charge in [-0.2, -0.15) is 0 Å². The summed E-state index contributed by atoms with van der Waals surface area (Å²) in [6.07, 6.45) is 0.504. The molecule has 0 radical (unpaired) electrons. The molecule has 5 heteroatoms. The minimum atomic E-state index is -0.369. The van der Waals surface area contributed by atoms with Gasteiger partial charge in [0.05, 0.1) is 18.1 Å². The number of halogens is 1. The van der Waals surface area contributed by atoms with Crippen molar-refractivity contribution in [3.05, 3.63) is 107 Å². The number of carbonyl (C=O) groups excluding carboxylic acids is 1. The second-order valence-electron chi connectivity index (χ2n) is 9.33. The third-order valence-corrected chi connectivity index (χ3v) is 6.75. The van der Waals surface area contributed by atoms with Crippen LogP contribution < -0.4 is 0 Å². The number of likely N-dealkylation sites (tertiary alicyclic amines) is 1. The number of amides is 1. The van der Waals surface area contributed by atoms with Crippen molar-refractivity contribution >= 4 is 18.3 Å². The summed E-state index contributed by atoms with van der Waals surface area (Å²) in [6, 6.07) is 26.7. The number of nitrogens with zero attached hydrogens (tertiary/aromatic N) is 2. The fourth-order valence-electron chi connectivity index (χ4n) is 4.70. The van der Waals surface area contributed by atoms with Gasteiger partial charge in [0, 0.05) is 26.7 Å². The normalized spacial score (nSPS) is 16.8. The molecule has 1 saturated heterocycles. The van der Waals surface area contributed by atoms with Gasteiger partial charge in [-0.05, 0) is 37.0 Å². The maximum atomic E-state index is 14.1. The molecule has 180 valence electrons. The molecule has 0 spiro atoms. The summed E-state index contributed by atoms with van der Waals surface area (Å²) in [5.41, 5.74) is 5.48. The number of rotatable bonds is 7. The molecule has 1 fully saturated rings. The number of β-amino-alcohol motifs (C(OH)–C–C–N with tert-alkyl or cyclic N) is 1. The van der Waals surface area contributed by atoms with Gasteiger partial charge in [0.15, 0.2) is 0 Å². The Hall–Kier alpha value is -2.66. The Kier molecular flexibility index (Phi) is 8.90. The van der Waals surface area contributed by atoms with E-state index in [1.54, 1.807) is 0 Å². The van der Waals surface area contributed by atoms with Gasteiger partial charge in [-0.3, -0.25) is 9.69 Å². The predicted octanol–water partition coefficient (Wildman–Crippen LogP) is 5.12. The van der Waals surface area contributed by atoms with Crippen LogP contribution in [0.15, 0.2) is 78.9 Å². The molecule has 1 aliphatic heterocycles. The lowest BCUT2D eigenvalue weighted by Crippen LogP contribution is -2.41. The predicted molar refractivity (Wildman–Crippen MR) is 140 cm³/mol. The van der Waals surface area contributed by atoms with Gasteiger partial charge < -0.3 is 10.0 Å². The van der Waals surface area contributed by atoms with Crippen LogP contribution >= 0.6 is 12.4 Å². The molecule has 0 saturated carbocycles. The van der Waals surface area contributed by atoms with Crippen LogP contribution in [0.5, 0.6) is 0 Å². The van der Waals surface area contributed by atoms with Gasteiger partial charge in [0.25, 0.3) is 0 Å². The SMILES string of the molecule is Cc1ccc(C(C(=O)N(C)[C@H](CN2CC[C@H](O)C2)c2ccccc2)c2ccc(C)cc2)cc1.Cl. The van der Waals surface area contributed by atoms with Crippen LogP contribution in [0, 0.1) is 13.8 Å². The number of likely N-dealkylation sites (N-methyl/N-ethyl adjacent to an activating group) is 1. The summed E-state index contributed by atoms with van der Waals surface area (Å²) in [5.74, 6) is -0.289. The largest absolute Gasteiger partial charge is 0.392 e. The van der Waals surface area contributed by atoms with Crippen molar-refractivity contribution in [1.29, 1.82) is 0 Å². The van der Waals surface area contributed by atoms with E-state index in [1.165, 1.54) is 11.1 Å². The Morgan fingerprint density at radius 1 is 0.912 bits per heavy atom. The first-order valence-corrected chi connectivity index (χ1v) is 11.8. The minimum Gasteiger partial charge on any atom is -0.392 e. The fraction of sp³-hybridized carbons (Fsp3) is 0.345. The topological polar surface area (TPSA) is 43.8 Å². The van der Waals surface area contributed by atoms with E-state index in [1.807, 2.05) is 30.1 Å². The second-order valence-corrected chi connectivity index (χ2v) is 9.33. The van der Waals surface area contributed by atoms with Crippen LogP contribution in [0.4, 0.5) is 0 Å². The maximum Gasteiger partial charge on any atom is 0.234 e. The molecule has 1 heterocycles. The average molecular weight is 479 g/mol. The minimum absolute atomic E-state index is 0. The van der Waals surface area contributed by atoms with E-state index in [0.717, 1.165) is 29.7 Å². The molecule has 4 nitrogen and oxygen atoms in total. The quantitative estimate of drug-likeness (QED) is 0.512. The molecule has 4 rings (SSSR count). The lowest BCUT2D eigenvalue weighted by atomic mass is 9.88. The molecule has 1 N–H and O–H groups in total. The van der Waals surface area contributed by atoms with Crippen molar-refractivity contribution in [3.63, 3.8) is 0 Å². The molecule has 3 aromatic carbocycles. The van der Waals surface area contributed by atoms with E-state index in [4.69, 9.17) is 0 Å². The van der Waals surface area contributed by atoms with Crippen molar-refractivity contribution in [3.8, 4) is 0 Å². The number of aryl methyl sites for hydroxylation is 2. The first-order chi connectivity index (χ1) is 15.9. The smallest absolute Gasteiger partial charge is 0.234 e. The van der Waals surface area contributed by atoms with E-state index in [2.05, 4.69) is 79.4 Å². The van der Waals surface area contributed by atoms with Crippen LogP contribution in [0.25, 0.3) is 0 Å². The standard InChI is InChI=1S/C29H34N2O2.ClH/c1-21-9-13-24(14-10-21)28(25-15-11-22(2)12-16-25)29(33)30(3)27(23-7-5-4-6-8-23)20-31-18-17-26(32)19-31;/h4-16,26-28,32H,17-20H2,1-3H3;1H/t26-,27+;/m0./s1. The van der Waals surface area contributed by atoms with Gasteiger partial charge in [-0.15, -0.1) is 12.4 Å². The van der Waals surface area contributed by atoms with Crippen LogP contribution in [0.1, 0.15) is 46.2 Å². The lowest BCUT2D eigenvalue weighted by molar-refractivity contribution is -0.133. The highest BCUT2D eigenvalue weighted by atomic mass is 35.5. The molecule has 34 heavy (non-hydrogen) atoms. The molecule has 1 amide bonds. The Morgan fingerprint density at radius 3 is 1.91 bits per heavy atom. The lowest BCUT2D eigenvalue weighted by Gasteiger charge is -2.34. The van der Waals surface area contributed by atoms with E-state index in [0.29, 0.717) is 13.1 Å². The summed E-state index contributed by atoms with van der Waals surface area (Å²) in [4.78, 5) is 18.3. The number of benzene rings is 3. The third kappa shape index (κ3) is 6.06. The number of aliphatic hydroxyl groups is 1. The highest BCUT2D eigenvalue weighted by molar-refractivity contribution is 5.87. The summed E-state index contributed by atoms with van der Waals surface area (Å²) < 4.78 is 0. The van der Waals surface area contributed by atoms with Gasteiger partial charge in [-0.1, -0.05) is 90.0 Å². The third-order valence-electron chi connectivity index (χ3n) is 6.75. The highest BCUT2D eigenvalue weighted by Crippen LogP contribution is 2.31. The molecule has 1 aliphatic rings. The number of carbonyl (C=O) groups is 1. The molecule has 3 aromatic rings. The zero-order valence-corrected chi connectivity index (χ0v) is 21.0. The zero-order valence-electron chi connectivity index (χ0n) is 20.2. The van der Waals surface area contributed by atoms with Crippen molar-refractivity contribution in [2.75, 3.05) is 26.7 Å². The molecule has 0 aliphatic carbocycles. The highest BCUT2D eigenvalue weighted by Gasteiger charge is 2.32. The average Bonchev–Trinajstić information content (AvgIpc) is 3.25. The van der Waals surface area contributed by atoms with E-state index < -0.39 is 0 Å². The number of aliphatic hydroxyl groups excluding tert-OH is 1. The van der Waals surface area contributed by atoms with Crippen molar-refractivity contribution < 1.29 is 9.90 Å². The van der Waals surface area contributed by atoms with E-state index >= 15 is 0 Å². The number of hydrogen-bond acceptors (Lipinski definition) is 3. The van der Waals surface area contributed by atoms with Crippen molar-refractivity contribution in [1.82, 2.24) is 9.80 Å². The summed E-state index contributed by atoms with van der Waals surface area (Å²) >= 11 is 0. The van der Waals surface area contributed by atoms with Crippen LogP contribution in [0.3, 0.4) is 0 Å². The zero-order chi connectivity index (χ0) is 23.4. The van der Waals surface area contributed by atoms with Crippen LogP contribution in [0.2, 0.25) is 0 Å². The second kappa shape index (κ2) is 11.7. The maximum absolute atomic E-state index is 14.1. The summed E-state index contributed by atoms with van der Waals surface area (Å²) in [6.45, 7) is 6.34. The first-order valence-electron chi connectivity index (χ1n) is 11.8. The molecule has 0 bridgehead atoms. The van der Waals surface area contributed by atoms with E-state index in [9.17, 15) is 9.90 Å². The molecule has 0 unspecified atom stereocenters. The molecule has 0 aromatic heterocycles. The van der Waals surface area contributed by atoms with Gasteiger partial charge in [0.1, 0.15) is 0 Å². The Balaban J connectivity index is 0.00000324. The molecular formula is C29H35ClN2O2. The number of hydrogen-bond donors (Lipinski definition) is 1. The van der Waals surface area contributed by atoms with Gasteiger partial charge in [0.2, 0.25) is 5.91 Å². The van der Waals surface area contributed by atoms with Crippen LogP contribution in [-0.2, 0) is 4.79 Å². The monoisotopic (exact) mass is 478 g/mol. The van der Waals surface area contributed by atoms with Gasteiger partial charge in [-0.25, -0.2) is 0 Å². The first kappa shape index (κ1) is 26.0. The summed E-state index contributed by atoms with van der Waals surface area (Å²) in [5, 5.41) is 10.0. The van der Waals surface area contributed by atoms with Gasteiger partial charge >= 0.3 is 0 Å². The molecular weight excluding hydrogens is 444 g/mol. The van der Waals surface area contributed by atoms with Crippen molar-refractivity contribution in [2.24, 2.45) is 0 Å². The Labute approximate surface area is 209 Å². The Morgan fingerprint density at radius 2 is 1.44 bits per heavy atom.